The molecule has 2 aromatic carbocycles. The van der Waals surface area contributed by atoms with Gasteiger partial charge in [0.25, 0.3) is 5.56 Å². The number of nitrogens with one attached hydrogen (secondary N) is 4. The summed E-state index contributed by atoms with van der Waals surface area (Å²) in [5, 5.41) is 8.34. The van der Waals surface area contributed by atoms with Gasteiger partial charge in [-0.2, -0.15) is 4.98 Å². The van der Waals surface area contributed by atoms with Gasteiger partial charge in [-0.15, -0.1) is 0 Å². The Hall–Kier alpha value is -4.34. The molecule has 2 amide bonds. The van der Waals surface area contributed by atoms with Crippen LogP contribution in [0.1, 0.15) is 23.5 Å². The maximum absolute atomic E-state index is 13.1. The number of hydrogen-bond acceptors (Lipinski definition) is 7. The number of carbonyl (C=O) groups is 2. The fourth-order valence-corrected chi connectivity index (χ4v) is 3.60. The van der Waals surface area contributed by atoms with Crippen LogP contribution in [0.25, 0.3) is 0 Å². The second-order valence-electron chi connectivity index (χ2n) is 7.53. The van der Waals surface area contributed by atoms with Crippen LogP contribution in [-0.4, -0.2) is 36.0 Å². The van der Waals surface area contributed by atoms with Crippen molar-refractivity contribution in [3.05, 3.63) is 63.9 Å². The number of rotatable bonds is 6. The minimum Gasteiger partial charge on any atom is -0.497 e. The third-order valence-corrected chi connectivity index (χ3v) is 5.23. The summed E-state index contributed by atoms with van der Waals surface area (Å²) in [4.78, 5) is 45.3. The first kappa shape index (κ1) is 21.9. The van der Waals surface area contributed by atoms with Gasteiger partial charge in [0.1, 0.15) is 17.3 Å². The van der Waals surface area contributed by atoms with Crippen LogP contribution in [0.2, 0.25) is 0 Å². The number of amides is 2. The number of hydrogen-bond donors (Lipinski definition) is 4. The predicted molar refractivity (Wildman–Crippen MR) is 123 cm³/mol. The standard InChI is InChI=1S/C23H23N5O5/c1-12-4-9-17(33-3)16(10-12)25-21(30)15-11-18(29)26-20-19(15)22(31)28-23(27-20)24-13-5-7-14(32-2)8-6-13/h4-10,15H,11H2,1-3H3,(H,25,30)(H3,24,26,27,28,29,31)/t15-/m0/s1. The molecule has 0 saturated heterocycles. The average molecular weight is 449 g/mol. The number of nitrogens with zero attached hydrogens (tertiary/aromatic N) is 1. The van der Waals surface area contributed by atoms with E-state index < -0.39 is 23.3 Å². The molecule has 1 atom stereocenters. The molecule has 10 nitrogen and oxygen atoms in total. The predicted octanol–water partition coefficient (Wildman–Crippen LogP) is 2.90. The topological polar surface area (TPSA) is 134 Å². The molecule has 1 aliphatic heterocycles. The Bertz CT molecular complexity index is 1270. The zero-order valence-electron chi connectivity index (χ0n) is 18.3. The lowest BCUT2D eigenvalue weighted by molar-refractivity contribution is -0.123. The summed E-state index contributed by atoms with van der Waals surface area (Å²) < 4.78 is 10.4. The number of ether oxygens (including phenoxy) is 2. The monoisotopic (exact) mass is 449 g/mol. The quantitative estimate of drug-likeness (QED) is 0.454. The molecule has 0 spiro atoms. The molecule has 2 heterocycles. The van der Waals surface area contributed by atoms with Crippen LogP contribution in [0.3, 0.4) is 0 Å². The number of aromatic nitrogens is 2. The van der Waals surface area contributed by atoms with Gasteiger partial charge >= 0.3 is 0 Å². The van der Waals surface area contributed by atoms with Gasteiger partial charge in [0.05, 0.1) is 31.4 Å². The van der Waals surface area contributed by atoms with Crippen molar-refractivity contribution in [3.63, 3.8) is 0 Å². The molecule has 0 radical (unpaired) electrons. The Morgan fingerprint density at radius 2 is 1.85 bits per heavy atom. The van der Waals surface area contributed by atoms with Crippen LogP contribution in [0, 0.1) is 6.92 Å². The van der Waals surface area contributed by atoms with E-state index in [2.05, 4.69) is 25.9 Å². The molecular weight excluding hydrogens is 426 g/mol. The highest BCUT2D eigenvalue weighted by atomic mass is 16.5. The summed E-state index contributed by atoms with van der Waals surface area (Å²) in [5.41, 5.74) is 1.60. The average Bonchev–Trinajstić information content (AvgIpc) is 2.79. The molecule has 0 unspecified atom stereocenters. The number of H-pyrrole nitrogens is 1. The van der Waals surface area contributed by atoms with Crippen LogP contribution in [0.4, 0.5) is 23.1 Å². The van der Waals surface area contributed by atoms with Crippen molar-refractivity contribution < 1.29 is 19.1 Å². The summed E-state index contributed by atoms with van der Waals surface area (Å²) in [5.74, 6) is -0.594. The van der Waals surface area contributed by atoms with Gasteiger partial charge in [0, 0.05) is 12.1 Å². The molecule has 0 aliphatic carbocycles. The van der Waals surface area contributed by atoms with E-state index in [1.165, 1.54) is 7.11 Å². The SMILES string of the molecule is COc1ccc(Nc2nc3c(c(=O)[nH]2)[C@@H](C(=O)Nc2cc(C)ccc2OC)CC(=O)N3)cc1. The summed E-state index contributed by atoms with van der Waals surface area (Å²) >= 11 is 0. The third kappa shape index (κ3) is 4.64. The van der Waals surface area contributed by atoms with Crippen molar-refractivity contribution in [2.75, 3.05) is 30.2 Å². The van der Waals surface area contributed by atoms with E-state index in [0.29, 0.717) is 22.9 Å². The maximum Gasteiger partial charge on any atom is 0.258 e. The highest BCUT2D eigenvalue weighted by Crippen LogP contribution is 2.32. The minimum atomic E-state index is -1.01. The van der Waals surface area contributed by atoms with E-state index in [-0.39, 0.29) is 23.8 Å². The molecule has 170 valence electrons. The largest absolute Gasteiger partial charge is 0.497 e. The van der Waals surface area contributed by atoms with E-state index >= 15 is 0 Å². The van der Waals surface area contributed by atoms with E-state index in [9.17, 15) is 14.4 Å². The summed E-state index contributed by atoms with van der Waals surface area (Å²) in [6, 6.07) is 12.3. The lowest BCUT2D eigenvalue weighted by Crippen LogP contribution is -2.36. The Morgan fingerprint density at radius 1 is 1.09 bits per heavy atom. The van der Waals surface area contributed by atoms with Gasteiger partial charge < -0.3 is 25.4 Å². The Kier molecular flexibility index (Phi) is 5.99. The summed E-state index contributed by atoms with van der Waals surface area (Å²) in [6.45, 7) is 1.88. The number of carbonyl (C=O) groups excluding carboxylic acids is 2. The van der Waals surface area contributed by atoms with Gasteiger partial charge in [-0.05, 0) is 48.9 Å². The number of aromatic amines is 1. The number of anilines is 4. The van der Waals surface area contributed by atoms with E-state index in [1.54, 1.807) is 43.5 Å². The molecule has 33 heavy (non-hydrogen) atoms. The number of fused-ring (bicyclic) bond motifs is 1. The fourth-order valence-electron chi connectivity index (χ4n) is 3.60. The van der Waals surface area contributed by atoms with E-state index in [0.717, 1.165) is 5.56 Å². The molecular formula is C23H23N5O5. The number of benzene rings is 2. The maximum atomic E-state index is 13.1. The van der Waals surface area contributed by atoms with Crippen molar-refractivity contribution in [2.45, 2.75) is 19.3 Å². The molecule has 0 saturated carbocycles. The van der Waals surface area contributed by atoms with E-state index in [1.807, 2.05) is 13.0 Å². The van der Waals surface area contributed by atoms with Gasteiger partial charge in [0.2, 0.25) is 17.8 Å². The second-order valence-corrected chi connectivity index (χ2v) is 7.53. The zero-order valence-corrected chi connectivity index (χ0v) is 18.3. The number of methoxy groups -OCH3 is 2. The zero-order chi connectivity index (χ0) is 23.5. The van der Waals surface area contributed by atoms with E-state index in [4.69, 9.17) is 9.47 Å². The molecule has 0 fully saturated rings. The van der Waals surface area contributed by atoms with Crippen molar-refractivity contribution >= 4 is 35.0 Å². The van der Waals surface area contributed by atoms with Gasteiger partial charge in [0.15, 0.2) is 0 Å². The molecule has 0 bridgehead atoms. The lowest BCUT2D eigenvalue weighted by Gasteiger charge is -2.24. The Morgan fingerprint density at radius 3 is 2.55 bits per heavy atom. The first-order valence-electron chi connectivity index (χ1n) is 10.2. The molecule has 1 aliphatic rings. The first-order valence-corrected chi connectivity index (χ1v) is 10.2. The molecule has 1 aromatic heterocycles. The van der Waals surface area contributed by atoms with Crippen molar-refractivity contribution in [1.29, 1.82) is 0 Å². The van der Waals surface area contributed by atoms with Gasteiger partial charge in [-0.25, -0.2) is 0 Å². The molecule has 4 N–H and O–H groups in total. The molecule has 3 aromatic rings. The van der Waals surface area contributed by atoms with Gasteiger partial charge in [-0.1, -0.05) is 6.07 Å². The Labute approximate surface area is 189 Å². The van der Waals surface area contributed by atoms with Crippen molar-refractivity contribution in [1.82, 2.24) is 9.97 Å². The summed E-state index contributed by atoms with van der Waals surface area (Å²) in [7, 11) is 3.06. The van der Waals surface area contributed by atoms with Crippen LogP contribution < -0.4 is 31.0 Å². The van der Waals surface area contributed by atoms with Crippen LogP contribution in [0.15, 0.2) is 47.3 Å². The van der Waals surface area contributed by atoms with Crippen LogP contribution in [0.5, 0.6) is 11.5 Å². The van der Waals surface area contributed by atoms with Crippen molar-refractivity contribution in [2.24, 2.45) is 0 Å². The van der Waals surface area contributed by atoms with Crippen LogP contribution >= 0.6 is 0 Å². The second kappa shape index (κ2) is 9.03. The highest BCUT2D eigenvalue weighted by molar-refractivity contribution is 6.05. The normalized spacial score (nSPS) is 14.6. The first-order chi connectivity index (χ1) is 15.9. The molecule has 10 heteroatoms. The number of aryl methyl sites for hydroxylation is 1. The van der Waals surface area contributed by atoms with Crippen LogP contribution in [-0.2, 0) is 9.59 Å². The van der Waals surface area contributed by atoms with Gasteiger partial charge in [-0.3, -0.25) is 19.4 Å². The third-order valence-electron chi connectivity index (χ3n) is 5.23. The summed E-state index contributed by atoms with van der Waals surface area (Å²) in [6.07, 6.45) is -0.178. The smallest absolute Gasteiger partial charge is 0.258 e. The molecule has 4 rings (SSSR count). The minimum absolute atomic E-state index is 0.0439. The highest BCUT2D eigenvalue weighted by Gasteiger charge is 2.35. The Balaban J connectivity index is 1.63. The van der Waals surface area contributed by atoms with Crippen molar-refractivity contribution in [3.8, 4) is 11.5 Å². The fraction of sp³-hybridized carbons (Fsp3) is 0.217. The lowest BCUT2D eigenvalue weighted by atomic mass is 9.92.